The van der Waals surface area contributed by atoms with Crippen molar-refractivity contribution in [3.05, 3.63) is 77.1 Å². The number of carbonyl (C=O) groups is 2. The number of aromatic hydroxyl groups is 2. The third-order valence-electron chi connectivity index (χ3n) is 9.75. The normalized spacial score (nSPS) is 32.3. The van der Waals surface area contributed by atoms with Crippen LogP contribution in [-0.2, 0) is 50.9 Å². The molecule has 5 rings (SSSR count). The van der Waals surface area contributed by atoms with E-state index >= 15 is 0 Å². The van der Waals surface area contributed by atoms with Crippen LogP contribution in [0, 0.1) is 5.92 Å². The first-order valence-corrected chi connectivity index (χ1v) is 18.1. The van der Waals surface area contributed by atoms with Crippen molar-refractivity contribution in [1.29, 1.82) is 0 Å². The summed E-state index contributed by atoms with van der Waals surface area (Å²) >= 11 is 0. The Morgan fingerprint density at radius 3 is 1.95 bits per heavy atom. The lowest BCUT2D eigenvalue weighted by molar-refractivity contribution is -0.327. The smallest absolute Gasteiger partial charge is 0.337 e. The van der Waals surface area contributed by atoms with Gasteiger partial charge in [0.15, 0.2) is 24.1 Å². The molecule has 2 saturated heterocycles. The summed E-state index contributed by atoms with van der Waals surface area (Å²) in [6.07, 6.45) is -14.0. The molecule has 3 aliphatic rings. The molecule has 12 atom stereocenters. The molecule has 0 unspecified atom stereocenters. The second kappa shape index (κ2) is 20.0. The van der Waals surface area contributed by atoms with Gasteiger partial charge in [0.1, 0.15) is 54.6 Å². The van der Waals surface area contributed by atoms with E-state index in [2.05, 4.69) is 0 Å². The van der Waals surface area contributed by atoms with Crippen molar-refractivity contribution in [3.8, 4) is 17.2 Å². The standard InChI is InChI=1S/C38H48O19/c1-2-21-22(14-28(43)54-20-6-3-18(4-7-20)9-12-52-37-33(48)31(46)29(44)26(15-39)55-37)23(35(50)51-11-10-19-5-8-24(41)25(42)13-19)17-53-36(21)57-38-34(49)32(47)30(45)27(16-40)56-38/h2-8,13,17,22,26-27,29-34,36-42,44-49H,9-12,14-16H2,1H3/b21-2+/t22-,26+,27+,29+,30+,31-,32-,33+,34+,36-,37+,38-/m0/s1. The number of ether oxygens (including phenoxy) is 7. The maximum atomic E-state index is 13.4. The van der Waals surface area contributed by atoms with Crippen molar-refractivity contribution in [3.63, 3.8) is 0 Å². The van der Waals surface area contributed by atoms with Gasteiger partial charge in [-0.2, -0.15) is 0 Å². The molecule has 314 valence electrons. The summed E-state index contributed by atoms with van der Waals surface area (Å²) in [6.45, 7) is 0.132. The molecule has 0 spiro atoms. The number of phenols is 2. The molecule has 3 aliphatic heterocycles. The highest BCUT2D eigenvalue weighted by Gasteiger charge is 2.47. The van der Waals surface area contributed by atoms with Gasteiger partial charge in [-0.3, -0.25) is 4.79 Å². The Morgan fingerprint density at radius 2 is 1.33 bits per heavy atom. The van der Waals surface area contributed by atoms with E-state index < -0.39 is 105 Å². The molecule has 2 aromatic rings. The van der Waals surface area contributed by atoms with Gasteiger partial charge in [-0.25, -0.2) is 4.79 Å². The second-order valence-electron chi connectivity index (χ2n) is 13.6. The molecule has 2 aromatic carbocycles. The Labute approximate surface area is 326 Å². The van der Waals surface area contributed by atoms with Crippen LogP contribution < -0.4 is 4.74 Å². The molecule has 57 heavy (non-hydrogen) atoms. The van der Waals surface area contributed by atoms with Gasteiger partial charge in [-0.05, 0) is 48.7 Å². The molecular formula is C38H48O19. The molecule has 2 fully saturated rings. The third kappa shape index (κ3) is 10.6. The van der Waals surface area contributed by atoms with Crippen LogP contribution in [0.4, 0.5) is 0 Å². The highest BCUT2D eigenvalue weighted by molar-refractivity contribution is 5.91. The van der Waals surface area contributed by atoms with Gasteiger partial charge in [0.25, 0.3) is 0 Å². The summed E-state index contributed by atoms with van der Waals surface area (Å²) in [5, 5.41) is 99.4. The van der Waals surface area contributed by atoms with Crippen molar-refractivity contribution in [2.75, 3.05) is 26.4 Å². The van der Waals surface area contributed by atoms with Crippen molar-refractivity contribution < 1.29 is 93.8 Å². The van der Waals surface area contributed by atoms with Crippen molar-refractivity contribution in [2.45, 2.75) is 93.9 Å². The summed E-state index contributed by atoms with van der Waals surface area (Å²) in [6, 6.07) is 10.5. The number of carbonyl (C=O) groups excluding carboxylic acids is 2. The summed E-state index contributed by atoms with van der Waals surface area (Å²) in [7, 11) is 0. The van der Waals surface area contributed by atoms with Crippen LogP contribution in [0.1, 0.15) is 24.5 Å². The lowest BCUT2D eigenvalue weighted by Gasteiger charge is -2.41. The average Bonchev–Trinajstić information content (AvgIpc) is 3.20. The zero-order chi connectivity index (χ0) is 41.4. The van der Waals surface area contributed by atoms with E-state index in [1.807, 2.05) is 0 Å². The third-order valence-corrected chi connectivity index (χ3v) is 9.75. The first-order chi connectivity index (χ1) is 27.3. The number of rotatable bonds is 15. The number of aliphatic hydroxyl groups excluding tert-OH is 8. The van der Waals surface area contributed by atoms with Crippen LogP contribution in [0.5, 0.6) is 17.2 Å². The molecular weight excluding hydrogens is 760 g/mol. The summed E-state index contributed by atoms with van der Waals surface area (Å²) in [5.74, 6) is -3.24. The first-order valence-electron chi connectivity index (χ1n) is 18.1. The molecule has 0 amide bonds. The molecule has 0 aliphatic carbocycles. The minimum Gasteiger partial charge on any atom is -0.504 e. The SMILES string of the molecule is C/C=C1/[C@H](O[C@@H]2O[C@H](CO)[C@@H](O)[C@H](O)[C@H]2O)OC=C(C(=O)OCCc2ccc(O)c(O)c2)[C@H]1CC(=O)Oc1ccc(CCO[C@@H]2O[C@H](CO)[C@@H](O)[C@H](O)[C@H]2O)cc1. The number of hydrogen-bond acceptors (Lipinski definition) is 19. The van der Waals surface area contributed by atoms with E-state index in [0.29, 0.717) is 12.0 Å². The molecule has 0 aromatic heterocycles. The fourth-order valence-electron chi connectivity index (χ4n) is 6.44. The zero-order valence-corrected chi connectivity index (χ0v) is 30.7. The molecule has 10 N–H and O–H groups in total. The van der Waals surface area contributed by atoms with Crippen LogP contribution in [0.15, 0.2) is 65.9 Å². The number of hydrogen-bond donors (Lipinski definition) is 10. The number of benzene rings is 2. The van der Waals surface area contributed by atoms with Gasteiger partial charge < -0.3 is 84.2 Å². The minimum atomic E-state index is -1.77. The molecule has 0 radical (unpaired) electrons. The summed E-state index contributed by atoms with van der Waals surface area (Å²) in [5.41, 5.74) is 1.39. The van der Waals surface area contributed by atoms with Crippen LogP contribution >= 0.6 is 0 Å². The Balaban J connectivity index is 1.24. The van der Waals surface area contributed by atoms with Gasteiger partial charge in [0.2, 0.25) is 6.29 Å². The maximum Gasteiger partial charge on any atom is 0.337 e. The average molecular weight is 809 g/mol. The van der Waals surface area contributed by atoms with E-state index in [1.165, 1.54) is 36.4 Å². The highest BCUT2D eigenvalue weighted by Crippen LogP contribution is 2.37. The topological polar surface area (TPSA) is 301 Å². The highest BCUT2D eigenvalue weighted by atomic mass is 16.8. The number of aliphatic hydroxyl groups is 8. The fourth-order valence-corrected chi connectivity index (χ4v) is 6.44. The Bertz CT molecular complexity index is 1710. The minimum absolute atomic E-state index is 0.0205. The Kier molecular flexibility index (Phi) is 15.4. The van der Waals surface area contributed by atoms with Gasteiger partial charge in [-0.15, -0.1) is 0 Å². The summed E-state index contributed by atoms with van der Waals surface area (Å²) in [4.78, 5) is 26.9. The number of phenolic OH excluding ortho intramolecular Hbond substituents is 2. The van der Waals surface area contributed by atoms with Crippen molar-refractivity contribution in [2.24, 2.45) is 5.92 Å². The largest absolute Gasteiger partial charge is 0.504 e. The van der Waals surface area contributed by atoms with Gasteiger partial charge in [0, 0.05) is 17.9 Å². The monoisotopic (exact) mass is 808 g/mol. The van der Waals surface area contributed by atoms with E-state index in [-0.39, 0.29) is 48.0 Å². The van der Waals surface area contributed by atoms with E-state index in [9.17, 15) is 60.7 Å². The zero-order valence-electron chi connectivity index (χ0n) is 30.7. The van der Waals surface area contributed by atoms with Crippen LogP contribution in [0.3, 0.4) is 0 Å². The lowest BCUT2D eigenvalue weighted by Crippen LogP contribution is -2.60. The van der Waals surface area contributed by atoms with Gasteiger partial charge in [-0.1, -0.05) is 24.3 Å². The molecule has 19 heteroatoms. The predicted octanol–water partition coefficient (Wildman–Crippen LogP) is -1.84. The summed E-state index contributed by atoms with van der Waals surface area (Å²) < 4.78 is 38.9. The van der Waals surface area contributed by atoms with E-state index in [4.69, 9.17) is 33.2 Å². The van der Waals surface area contributed by atoms with Crippen LogP contribution in [0.2, 0.25) is 0 Å². The quantitative estimate of drug-likeness (QED) is 0.0409. The van der Waals surface area contributed by atoms with Gasteiger partial charge >= 0.3 is 11.9 Å². The molecule has 3 heterocycles. The molecule has 0 bridgehead atoms. The van der Waals surface area contributed by atoms with Crippen LogP contribution in [0.25, 0.3) is 0 Å². The number of esters is 2. The molecule has 19 nitrogen and oxygen atoms in total. The van der Waals surface area contributed by atoms with Crippen molar-refractivity contribution >= 4 is 11.9 Å². The Morgan fingerprint density at radius 1 is 0.737 bits per heavy atom. The predicted molar refractivity (Wildman–Crippen MR) is 190 cm³/mol. The number of allylic oxidation sites excluding steroid dienone is 1. The fraction of sp³-hybridized carbons (Fsp3) is 0.526. The van der Waals surface area contributed by atoms with Gasteiger partial charge in [0.05, 0.1) is 44.7 Å². The maximum absolute atomic E-state index is 13.4. The van der Waals surface area contributed by atoms with Crippen LogP contribution in [-0.4, -0.2) is 157 Å². The second-order valence-corrected chi connectivity index (χ2v) is 13.6. The van der Waals surface area contributed by atoms with E-state index in [0.717, 1.165) is 11.8 Å². The lowest BCUT2D eigenvalue weighted by atomic mass is 9.86. The first kappa shape index (κ1) is 43.9. The van der Waals surface area contributed by atoms with Crippen molar-refractivity contribution in [1.82, 2.24) is 0 Å². The Hall–Kier alpha value is -4.22. The van der Waals surface area contributed by atoms with E-state index in [1.54, 1.807) is 19.1 Å². The molecule has 0 saturated carbocycles.